The molecule has 0 spiro atoms. The third kappa shape index (κ3) is 5.60. The number of alkyl halides is 2. The molecule has 0 amide bonds. The minimum atomic E-state index is -2.33. The van der Waals surface area contributed by atoms with Gasteiger partial charge in [0, 0.05) is 65.9 Å². The van der Waals surface area contributed by atoms with Crippen LogP contribution in [0.5, 0.6) is 6.01 Å². The number of piperazine rings is 1. The van der Waals surface area contributed by atoms with E-state index >= 15 is 4.39 Å². The van der Waals surface area contributed by atoms with Crippen LogP contribution < -0.4 is 20.7 Å². The number of likely N-dealkylation sites (tertiary alicyclic amines) is 1. The van der Waals surface area contributed by atoms with Crippen molar-refractivity contribution >= 4 is 54.7 Å². The van der Waals surface area contributed by atoms with E-state index in [4.69, 9.17) is 27.1 Å². The number of rotatable bonds is 8. The number of fused-ring (bicyclic) bond motifs is 4. The number of nitriles is 1. The van der Waals surface area contributed by atoms with Gasteiger partial charge in [-0.15, -0.1) is 11.3 Å². The zero-order valence-electron chi connectivity index (χ0n) is 26.0. The molecule has 8 nitrogen and oxygen atoms in total. The molecule has 4 aromatic rings. The van der Waals surface area contributed by atoms with E-state index in [-0.39, 0.29) is 72.4 Å². The molecular weight excluding hydrogens is 666 g/mol. The molecule has 4 aliphatic rings. The number of benzene rings is 2. The second kappa shape index (κ2) is 12.2. The summed E-state index contributed by atoms with van der Waals surface area (Å²) in [5.74, 6) is -1.40. The molecule has 3 N–H and O–H groups in total. The van der Waals surface area contributed by atoms with Crippen LogP contribution in [-0.2, 0) is 0 Å². The van der Waals surface area contributed by atoms with E-state index < -0.39 is 24.0 Å². The van der Waals surface area contributed by atoms with Crippen molar-refractivity contribution in [2.45, 2.75) is 57.0 Å². The van der Waals surface area contributed by atoms with Crippen molar-refractivity contribution in [1.82, 2.24) is 20.2 Å². The monoisotopic (exact) mass is 699 g/mol. The molecule has 2 aromatic carbocycles. The zero-order valence-corrected chi connectivity index (χ0v) is 27.6. The summed E-state index contributed by atoms with van der Waals surface area (Å²) >= 11 is 7.77. The Labute approximate surface area is 283 Å². The van der Waals surface area contributed by atoms with Gasteiger partial charge < -0.3 is 25.6 Å². The van der Waals surface area contributed by atoms with Crippen molar-refractivity contribution < 1.29 is 22.3 Å². The average molecular weight is 700 g/mol. The SMILES string of the molecule is N#Cc1c(N)sc2c(F)ccc(-c3c(Cl)cc4c(N5CC6CCC(C5)N6)nc(OCC5(CN6CCCC(C(F)F)C6)CC5)nc4c3F)c12. The van der Waals surface area contributed by atoms with E-state index in [2.05, 4.69) is 20.1 Å². The van der Waals surface area contributed by atoms with Crippen molar-refractivity contribution in [2.24, 2.45) is 11.3 Å². The van der Waals surface area contributed by atoms with Gasteiger partial charge in [-0.05, 0) is 62.8 Å². The Kier molecular flexibility index (Phi) is 8.06. The minimum Gasteiger partial charge on any atom is -0.463 e. The molecule has 3 atom stereocenters. The molecule has 8 rings (SSSR count). The highest BCUT2D eigenvalue weighted by molar-refractivity contribution is 7.23. The number of nitrogens with two attached hydrogens (primary N) is 1. The van der Waals surface area contributed by atoms with Crippen LogP contribution in [0.25, 0.3) is 32.1 Å². The normalized spacial score (nSPS) is 23.7. The topological polar surface area (TPSA) is 103 Å². The van der Waals surface area contributed by atoms with E-state index in [1.165, 1.54) is 12.1 Å². The van der Waals surface area contributed by atoms with E-state index in [0.717, 1.165) is 50.0 Å². The molecule has 1 saturated carbocycles. The van der Waals surface area contributed by atoms with Gasteiger partial charge in [-0.2, -0.15) is 15.2 Å². The van der Waals surface area contributed by atoms with Crippen molar-refractivity contribution in [3.63, 3.8) is 0 Å². The highest BCUT2D eigenvalue weighted by atomic mass is 35.5. The number of aromatic nitrogens is 2. The quantitative estimate of drug-likeness (QED) is 0.190. The molecular formula is C34H34ClF4N7OS. The highest BCUT2D eigenvalue weighted by Crippen LogP contribution is 2.48. The van der Waals surface area contributed by atoms with E-state index in [1.54, 1.807) is 6.07 Å². The first-order valence-electron chi connectivity index (χ1n) is 16.4. The second-order valence-electron chi connectivity index (χ2n) is 13.8. The third-order valence-electron chi connectivity index (χ3n) is 10.5. The maximum Gasteiger partial charge on any atom is 0.319 e. The number of piperidine rings is 1. The number of halogens is 5. The lowest BCUT2D eigenvalue weighted by Crippen LogP contribution is -2.51. The molecule has 0 radical (unpaired) electrons. The van der Waals surface area contributed by atoms with Crippen LogP contribution in [0.4, 0.5) is 28.4 Å². The molecule has 1 aliphatic carbocycles. The lowest BCUT2D eigenvalue weighted by atomic mass is 9.97. The Hall–Kier alpha value is -3.44. The summed E-state index contributed by atoms with van der Waals surface area (Å²) in [5, 5.41) is 14.3. The van der Waals surface area contributed by atoms with Crippen LogP contribution in [0.15, 0.2) is 18.2 Å². The van der Waals surface area contributed by atoms with E-state index in [9.17, 15) is 18.4 Å². The number of ether oxygens (including phenoxy) is 1. The summed E-state index contributed by atoms with van der Waals surface area (Å²) in [6.07, 6.45) is 2.81. The standard InChI is InChI=1S/C34H34ClF4N7OS/c35-23-10-21-28(27(37)26(23)20-5-6-24(36)29-25(20)22(11-40)31(41)48-29)43-33(44-32(21)46-13-18-3-4-19(14-46)42-18)47-16-34(7-8-34)15-45-9-1-2-17(12-45)30(38)39/h5-6,10,17-19,30,42H,1-4,7-9,12-16,41H2. The van der Waals surface area contributed by atoms with Crippen LogP contribution in [-0.4, -0.2) is 72.7 Å². The number of hydrogen-bond donors (Lipinski definition) is 2. The number of nitrogens with zero attached hydrogens (tertiary/aromatic N) is 5. The van der Waals surface area contributed by atoms with Crippen LogP contribution in [0.3, 0.4) is 0 Å². The molecule has 252 valence electrons. The van der Waals surface area contributed by atoms with Gasteiger partial charge in [0.1, 0.15) is 28.2 Å². The summed E-state index contributed by atoms with van der Waals surface area (Å²) in [7, 11) is 0. The number of hydrogen-bond acceptors (Lipinski definition) is 9. The number of anilines is 2. The maximum absolute atomic E-state index is 16.9. The van der Waals surface area contributed by atoms with Gasteiger partial charge in [0.25, 0.3) is 0 Å². The largest absolute Gasteiger partial charge is 0.463 e. The number of nitrogens with one attached hydrogen (secondary N) is 1. The molecule has 3 saturated heterocycles. The van der Waals surface area contributed by atoms with Gasteiger partial charge >= 0.3 is 6.01 Å². The summed E-state index contributed by atoms with van der Waals surface area (Å²) in [5.41, 5.74) is 6.15. The van der Waals surface area contributed by atoms with Gasteiger partial charge in [-0.1, -0.05) is 17.7 Å². The van der Waals surface area contributed by atoms with Gasteiger partial charge in [-0.3, -0.25) is 0 Å². The molecule has 4 fully saturated rings. The summed E-state index contributed by atoms with van der Waals surface area (Å²) in [6, 6.07) is 6.86. The smallest absolute Gasteiger partial charge is 0.319 e. The van der Waals surface area contributed by atoms with E-state index in [0.29, 0.717) is 43.8 Å². The number of nitrogen functional groups attached to an aromatic ring is 1. The van der Waals surface area contributed by atoms with Crippen LogP contribution >= 0.6 is 22.9 Å². The molecule has 5 heterocycles. The van der Waals surface area contributed by atoms with Crippen molar-refractivity contribution in [1.29, 1.82) is 5.26 Å². The Balaban J connectivity index is 1.19. The Morgan fingerprint density at radius 1 is 1.15 bits per heavy atom. The molecule has 48 heavy (non-hydrogen) atoms. The van der Waals surface area contributed by atoms with Crippen LogP contribution in [0.1, 0.15) is 44.1 Å². The summed E-state index contributed by atoms with van der Waals surface area (Å²) in [4.78, 5) is 13.7. The fraction of sp³-hybridized carbons (Fsp3) is 0.500. The molecule has 2 aromatic heterocycles. The first-order valence-corrected chi connectivity index (χ1v) is 17.6. The minimum absolute atomic E-state index is 0.000108. The van der Waals surface area contributed by atoms with Crippen LogP contribution in [0.2, 0.25) is 5.02 Å². The van der Waals surface area contributed by atoms with E-state index in [1.807, 2.05) is 6.07 Å². The number of thiophene rings is 1. The van der Waals surface area contributed by atoms with Gasteiger partial charge in [0.05, 0.1) is 21.9 Å². The molecule has 3 aliphatic heterocycles. The van der Waals surface area contributed by atoms with Crippen molar-refractivity contribution in [2.75, 3.05) is 50.0 Å². The first-order chi connectivity index (χ1) is 23.1. The van der Waals surface area contributed by atoms with Gasteiger partial charge in [0.15, 0.2) is 5.82 Å². The first kappa shape index (κ1) is 31.8. The Morgan fingerprint density at radius 2 is 1.92 bits per heavy atom. The third-order valence-corrected chi connectivity index (χ3v) is 11.8. The van der Waals surface area contributed by atoms with Crippen molar-refractivity contribution in [3.8, 4) is 23.2 Å². The fourth-order valence-electron chi connectivity index (χ4n) is 7.85. The van der Waals surface area contributed by atoms with Crippen molar-refractivity contribution in [3.05, 3.63) is 40.4 Å². The van der Waals surface area contributed by atoms with Crippen LogP contribution in [0, 0.1) is 34.3 Å². The van der Waals surface area contributed by atoms with Gasteiger partial charge in [-0.25, -0.2) is 17.6 Å². The zero-order chi connectivity index (χ0) is 33.3. The average Bonchev–Trinajstić information content (AvgIpc) is 3.62. The highest BCUT2D eigenvalue weighted by Gasteiger charge is 2.46. The summed E-state index contributed by atoms with van der Waals surface area (Å²) < 4.78 is 65.1. The molecule has 2 bridgehead atoms. The Bertz CT molecular complexity index is 1950. The Morgan fingerprint density at radius 3 is 2.62 bits per heavy atom. The predicted octanol–water partition coefficient (Wildman–Crippen LogP) is 6.97. The lowest BCUT2D eigenvalue weighted by Gasteiger charge is -2.35. The van der Waals surface area contributed by atoms with Gasteiger partial charge in [0.2, 0.25) is 6.43 Å². The lowest BCUT2D eigenvalue weighted by molar-refractivity contribution is 0.0185. The molecule has 14 heteroatoms. The fourth-order valence-corrected chi connectivity index (χ4v) is 9.09. The molecule has 3 unspecified atom stereocenters. The summed E-state index contributed by atoms with van der Waals surface area (Å²) in [6.45, 7) is 3.42. The second-order valence-corrected chi connectivity index (χ2v) is 15.3. The maximum atomic E-state index is 16.9. The predicted molar refractivity (Wildman–Crippen MR) is 179 cm³/mol.